The van der Waals surface area contributed by atoms with Crippen molar-refractivity contribution >= 4 is 0 Å². The molecule has 0 aliphatic rings. The topological polar surface area (TPSA) is 44.7 Å². The van der Waals surface area contributed by atoms with Gasteiger partial charge < -0.3 is 9.84 Å². The molecule has 16 heavy (non-hydrogen) atoms. The molecule has 0 aromatic rings. The third-order valence-electron chi connectivity index (χ3n) is 1.80. The maximum atomic E-state index is 9.56. The van der Waals surface area contributed by atoms with Gasteiger partial charge in [0.15, 0.2) is 0 Å². The van der Waals surface area contributed by atoms with Crippen molar-refractivity contribution < 1.29 is 9.84 Å². The van der Waals surface area contributed by atoms with Crippen LogP contribution in [0.15, 0.2) is 38.0 Å². The summed E-state index contributed by atoms with van der Waals surface area (Å²) in [4.78, 5) is 0. The molecule has 0 aromatic heterocycles. The third kappa shape index (κ3) is 8.38. The lowest BCUT2D eigenvalue weighted by atomic mass is 10.4. The molecule has 0 fully saturated rings. The normalized spacial score (nSPS) is 12.4. The van der Waals surface area contributed by atoms with Gasteiger partial charge in [0.1, 0.15) is 0 Å². The van der Waals surface area contributed by atoms with Crippen LogP contribution >= 0.6 is 0 Å². The molecule has 4 nitrogen and oxygen atoms in total. The highest BCUT2D eigenvalue weighted by Crippen LogP contribution is 1.88. The fraction of sp³-hybridized carbons (Fsp3) is 0.500. The zero-order chi connectivity index (χ0) is 12.2. The van der Waals surface area contributed by atoms with Crippen molar-refractivity contribution in [2.45, 2.75) is 6.10 Å². The van der Waals surface area contributed by atoms with Gasteiger partial charge in [-0.3, -0.25) is 5.43 Å². The van der Waals surface area contributed by atoms with Gasteiger partial charge in [-0.15, -0.1) is 19.7 Å². The molecular formula is C12H22N2O2. The van der Waals surface area contributed by atoms with Gasteiger partial charge in [-0.25, -0.2) is 5.01 Å². The van der Waals surface area contributed by atoms with Gasteiger partial charge in [-0.05, 0) is 0 Å². The smallest absolute Gasteiger partial charge is 0.0911 e. The van der Waals surface area contributed by atoms with Crippen molar-refractivity contribution in [3.05, 3.63) is 38.0 Å². The summed E-state index contributed by atoms with van der Waals surface area (Å²) >= 11 is 0. The number of rotatable bonds is 11. The Balaban J connectivity index is 3.67. The van der Waals surface area contributed by atoms with E-state index in [9.17, 15) is 5.11 Å². The largest absolute Gasteiger partial charge is 0.389 e. The molecule has 0 aliphatic carbocycles. The first-order chi connectivity index (χ1) is 7.74. The van der Waals surface area contributed by atoms with E-state index in [4.69, 9.17) is 4.74 Å². The number of hydrogen-bond donors (Lipinski definition) is 2. The molecule has 0 aliphatic heterocycles. The summed E-state index contributed by atoms with van der Waals surface area (Å²) in [6.45, 7) is 13.4. The van der Waals surface area contributed by atoms with Crippen molar-refractivity contribution in [2.24, 2.45) is 0 Å². The zero-order valence-electron chi connectivity index (χ0n) is 9.77. The molecule has 2 N–H and O–H groups in total. The number of aliphatic hydroxyl groups is 1. The van der Waals surface area contributed by atoms with E-state index in [1.54, 1.807) is 18.2 Å². The summed E-state index contributed by atoms with van der Waals surface area (Å²) in [7, 11) is 0. The van der Waals surface area contributed by atoms with E-state index in [-0.39, 0.29) is 0 Å². The van der Waals surface area contributed by atoms with Gasteiger partial charge in [0.2, 0.25) is 0 Å². The van der Waals surface area contributed by atoms with E-state index < -0.39 is 6.10 Å². The van der Waals surface area contributed by atoms with Crippen LogP contribution < -0.4 is 5.43 Å². The average Bonchev–Trinajstić information content (AvgIpc) is 2.27. The Morgan fingerprint density at radius 2 is 1.81 bits per heavy atom. The molecule has 0 saturated heterocycles. The minimum absolute atomic E-state index is 0.301. The maximum Gasteiger partial charge on any atom is 0.0911 e. The summed E-state index contributed by atoms with van der Waals surface area (Å²) < 4.78 is 5.13. The Morgan fingerprint density at radius 3 is 2.31 bits per heavy atom. The molecule has 0 bridgehead atoms. The van der Waals surface area contributed by atoms with Crippen molar-refractivity contribution in [1.82, 2.24) is 10.4 Å². The van der Waals surface area contributed by atoms with Crippen LogP contribution in [0.5, 0.6) is 0 Å². The van der Waals surface area contributed by atoms with E-state index in [0.717, 1.165) is 0 Å². The molecule has 4 heteroatoms. The predicted molar refractivity (Wildman–Crippen MR) is 67.0 cm³/mol. The first-order valence-corrected chi connectivity index (χ1v) is 5.31. The predicted octanol–water partition coefficient (Wildman–Crippen LogP) is 0.728. The first kappa shape index (κ1) is 15.1. The summed E-state index contributed by atoms with van der Waals surface area (Å²) in [6, 6.07) is 0. The molecule has 0 spiro atoms. The van der Waals surface area contributed by atoms with Crippen LogP contribution in [0.25, 0.3) is 0 Å². The molecule has 92 valence electrons. The second-order valence-electron chi connectivity index (χ2n) is 3.32. The van der Waals surface area contributed by atoms with Crippen LogP contribution in [-0.4, -0.2) is 49.1 Å². The molecule has 1 atom stereocenters. The van der Waals surface area contributed by atoms with Gasteiger partial charge in [-0.2, -0.15) is 0 Å². The van der Waals surface area contributed by atoms with Crippen molar-refractivity contribution in [3.8, 4) is 0 Å². The van der Waals surface area contributed by atoms with Crippen molar-refractivity contribution in [3.63, 3.8) is 0 Å². The van der Waals surface area contributed by atoms with Crippen LogP contribution in [0.3, 0.4) is 0 Å². The Bertz CT molecular complexity index is 197. The summed E-state index contributed by atoms with van der Waals surface area (Å²) in [5.74, 6) is 0. The average molecular weight is 226 g/mol. The molecule has 0 rings (SSSR count). The molecule has 1 unspecified atom stereocenters. The standard InChI is InChI=1S/C12H22N2O2/c1-4-7-14(8-5-2)13-10-12(15)11-16-9-6-3/h4-6,12-13,15H,1-3,7-11H2. The quantitative estimate of drug-likeness (QED) is 0.310. The number of aliphatic hydroxyl groups excluding tert-OH is 1. The van der Waals surface area contributed by atoms with E-state index >= 15 is 0 Å². The maximum absolute atomic E-state index is 9.56. The molecule has 0 amide bonds. The van der Waals surface area contributed by atoms with Gasteiger partial charge >= 0.3 is 0 Å². The lowest BCUT2D eigenvalue weighted by Gasteiger charge is -2.22. The Labute approximate surface area is 97.9 Å². The third-order valence-corrected chi connectivity index (χ3v) is 1.80. The number of nitrogens with zero attached hydrogens (tertiary/aromatic N) is 1. The summed E-state index contributed by atoms with van der Waals surface area (Å²) in [5, 5.41) is 11.5. The van der Waals surface area contributed by atoms with Crippen LogP contribution in [0.1, 0.15) is 0 Å². The van der Waals surface area contributed by atoms with Gasteiger partial charge in [0.05, 0.1) is 19.3 Å². The van der Waals surface area contributed by atoms with Gasteiger partial charge in [0, 0.05) is 19.6 Å². The molecule has 0 aromatic carbocycles. The molecular weight excluding hydrogens is 204 g/mol. The summed E-state index contributed by atoms with van der Waals surface area (Å²) in [5.41, 5.74) is 3.08. The van der Waals surface area contributed by atoms with Crippen molar-refractivity contribution in [2.75, 3.05) is 32.8 Å². The lowest BCUT2D eigenvalue weighted by molar-refractivity contribution is 0.0368. The van der Waals surface area contributed by atoms with E-state index in [2.05, 4.69) is 25.2 Å². The Kier molecular flexibility index (Phi) is 9.95. The zero-order valence-corrected chi connectivity index (χ0v) is 9.77. The number of hydrazine groups is 1. The minimum Gasteiger partial charge on any atom is -0.389 e. The first-order valence-electron chi connectivity index (χ1n) is 5.31. The highest BCUT2D eigenvalue weighted by atomic mass is 16.5. The Hall–Kier alpha value is -0.940. The second kappa shape index (κ2) is 10.6. The van der Waals surface area contributed by atoms with Crippen LogP contribution in [0, 0.1) is 0 Å². The minimum atomic E-state index is -0.530. The number of nitrogens with one attached hydrogen (secondary N) is 1. The molecule has 0 saturated carbocycles. The van der Waals surface area contributed by atoms with Gasteiger partial charge in [-0.1, -0.05) is 18.2 Å². The Morgan fingerprint density at radius 1 is 1.19 bits per heavy atom. The highest BCUT2D eigenvalue weighted by molar-refractivity contribution is 4.78. The van der Waals surface area contributed by atoms with Crippen LogP contribution in [0.2, 0.25) is 0 Å². The monoisotopic (exact) mass is 226 g/mol. The summed E-state index contributed by atoms with van der Waals surface area (Å²) in [6.07, 6.45) is 4.70. The lowest BCUT2D eigenvalue weighted by Crippen LogP contribution is -2.43. The van der Waals surface area contributed by atoms with E-state index in [1.165, 1.54) is 0 Å². The van der Waals surface area contributed by atoms with Gasteiger partial charge in [0.25, 0.3) is 0 Å². The fourth-order valence-electron chi connectivity index (χ4n) is 1.10. The highest BCUT2D eigenvalue weighted by Gasteiger charge is 2.06. The van der Waals surface area contributed by atoms with E-state index in [1.807, 2.05) is 5.01 Å². The van der Waals surface area contributed by atoms with Crippen LogP contribution in [0.4, 0.5) is 0 Å². The second-order valence-corrected chi connectivity index (χ2v) is 3.32. The van der Waals surface area contributed by atoms with E-state index in [0.29, 0.717) is 32.8 Å². The van der Waals surface area contributed by atoms with Crippen LogP contribution in [-0.2, 0) is 4.74 Å². The fourth-order valence-corrected chi connectivity index (χ4v) is 1.10. The number of ether oxygens (including phenoxy) is 1. The molecule has 0 heterocycles. The van der Waals surface area contributed by atoms with Crippen molar-refractivity contribution in [1.29, 1.82) is 0 Å². The SMILES string of the molecule is C=CCOCC(O)CNN(CC=C)CC=C. The number of hydrogen-bond acceptors (Lipinski definition) is 4. The molecule has 0 radical (unpaired) electrons.